The summed E-state index contributed by atoms with van der Waals surface area (Å²) < 4.78 is 0.910. The van der Waals surface area contributed by atoms with Gasteiger partial charge < -0.3 is 5.73 Å². The molecule has 2 rings (SSSR count). The Morgan fingerprint density at radius 3 is 2.93 bits per heavy atom. The van der Waals surface area contributed by atoms with Gasteiger partial charge in [0, 0.05) is 16.1 Å². The number of rotatable bonds is 0. The Morgan fingerprint density at radius 1 is 1.50 bits per heavy atom. The standard InChI is InChI=1S/C10H8BrClN2/c1-5-7(11)10-6(3-2-4-14-10)9(13)8(5)12/h2-4H,13H2,1H3. The number of nitrogens with zero attached hydrogens (tertiary/aromatic N) is 1. The lowest BCUT2D eigenvalue weighted by Crippen LogP contribution is -1.94. The van der Waals surface area contributed by atoms with E-state index in [1.54, 1.807) is 6.20 Å². The first-order valence-electron chi connectivity index (χ1n) is 4.10. The van der Waals surface area contributed by atoms with Gasteiger partial charge in [-0.15, -0.1) is 0 Å². The van der Waals surface area contributed by atoms with Gasteiger partial charge in [-0.25, -0.2) is 0 Å². The molecule has 0 spiro atoms. The summed E-state index contributed by atoms with van der Waals surface area (Å²) in [7, 11) is 0. The van der Waals surface area contributed by atoms with Crippen LogP contribution in [0.25, 0.3) is 10.9 Å². The quantitative estimate of drug-likeness (QED) is 0.744. The van der Waals surface area contributed by atoms with Crippen LogP contribution in [0.5, 0.6) is 0 Å². The Morgan fingerprint density at radius 2 is 2.21 bits per heavy atom. The highest BCUT2D eigenvalue weighted by atomic mass is 79.9. The van der Waals surface area contributed by atoms with Crippen molar-refractivity contribution in [3.8, 4) is 0 Å². The van der Waals surface area contributed by atoms with Crippen molar-refractivity contribution < 1.29 is 0 Å². The number of nitrogens with two attached hydrogens (primary N) is 1. The van der Waals surface area contributed by atoms with Gasteiger partial charge in [0.15, 0.2) is 0 Å². The van der Waals surface area contributed by atoms with E-state index in [9.17, 15) is 0 Å². The summed E-state index contributed by atoms with van der Waals surface area (Å²) in [5, 5.41) is 1.48. The van der Waals surface area contributed by atoms with E-state index in [0.717, 1.165) is 20.9 Å². The monoisotopic (exact) mass is 270 g/mol. The molecular formula is C10H8BrClN2. The number of halogens is 2. The molecule has 4 heteroatoms. The number of fused-ring (bicyclic) bond motifs is 1. The topological polar surface area (TPSA) is 38.9 Å². The van der Waals surface area contributed by atoms with E-state index >= 15 is 0 Å². The Hall–Kier alpha value is -0.800. The SMILES string of the molecule is Cc1c(Cl)c(N)c2cccnc2c1Br. The Kier molecular flexibility index (Phi) is 2.37. The number of aromatic nitrogens is 1. The van der Waals surface area contributed by atoms with Gasteiger partial charge in [0.05, 0.1) is 16.2 Å². The molecule has 1 aromatic carbocycles. The molecule has 0 bridgehead atoms. The number of anilines is 1. The number of pyridine rings is 1. The van der Waals surface area contributed by atoms with Crippen molar-refractivity contribution in [1.29, 1.82) is 0 Å². The van der Waals surface area contributed by atoms with Gasteiger partial charge in [0.1, 0.15) is 0 Å². The molecule has 1 heterocycles. The lowest BCUT2D eigenvalue weighted by atomic mass is 10.1. The first-order chi connectivity index (χ1) is 6.63. The number of nitrogen functional groups attached to an aromatic ring is 1. The Labute approximate surface area is 95.2 Å². The molecule has 0 aliphatic carbocycles. The van der Waals surface area contributed by atoms with Gasteiger partial charge in [0.25, 0.3) is 0 Å². The molecule has 2 nitrogen and oxygen atoms in total. The van der Waals surface area contributed by atoms with Crippen molar-refractivity contribution in [3.63, 3.8) is 0 Å². The molecule has 2 aromatic rings. The van der Waals surface area contributed by atoms with E-state index in [1.807, 2.05) is 19.1 Å². The van der Waals surface area contributed by atoms with E-state index in [0.29, 0.717) is 10.7 Å². The number of hydrogen-bond donors (Lipinski definition) is 1. The molecule has 0 radical (unpaired) electrons. The fourth-order valence-electron chi connectivity index (χ4n) is 1.39. The predicted octanol–water partition coefficient (Wildman–Crippen LogP) is 3.54. The highest BCUT2D eigenvalue weighted by molar-refractivity contribution is 9.10. The lowest BCUT2D eigenvalue weighted by molar-refractivity contribution is 1.37. The summed E-state index contributed by atoms with van der Waals surface area (Å²) in [4.78, 5) is 4.26. The Balaban J connectivity index is 3.02. The zero-order valence-electron chi connectivity index (χ0n) is 7.51. The molecule has 14 heavy (non-hydrogen) atoms. The van der Waals surface area contributed by atoms with Crippen LogP contribution >= 0.6 is 27.5 Å². The molecule has 0 saturated carbocycles. The smallest absolute Gasteiger partial charge is 0.0868 e. The molecule has 72 valence electrons. The van der Waals surface area contributed by atoms with Crippen molar-refractivity contribution in [1.82, 2.24) is 4.98 Å². The molecular weight excluding hydrogens is 263 g/mol. The molecule has 2 N–H and O–H groups in total. The van der Waals surface area contributed by atoms with Crippen LogP contribution in [0.2, 0.25) is 5.02 Å². The number of benzene rings is 1. The summed E-state index contributed by atoms with van der Waals surface area (Å²) >= 11 is 9.54. The van der Waals surface area contributed by atoms with E-state index in [-0.39, 0.29) is 0 Å². The van der Waals surface area contributed by atoms with Crippen LogP contribution < -0.4 is 5.73 Å². The van der Waals surface area contributed by atoms with Gasteiger partial charge in [-0.3, -0.25) is 4.98 Å². The largest absolute Gasteiger partial charge is 0.397 e. The van der Waals surface area contributed by atoms with Crippen LogP contribution in [-0.2, 0) is 0 Å². The zero-order valence-corrected chi connectivity index (χ0v) is 9.85. The first-order valence-corrected chi connectivity index (χ1v) is 5.27. The minimum absolute atomic E-state index is 0.593. The molecule has 0 unspecified atom stereocenters. The lowest BCUT2D eigenvalue weighted by Gasteiger charge is -2.09. The van der Waals surface area contributed by atoms with E-state index in [2.05, 4.69) is 20.9 Å². The second-order valence-corrected chi connectivity index (χ2v) is 4.24. The molecule has 0 fully saturated rings. The van der Waals surface area contributed by atoms with E-state index in [1.165, 1.54) is 0 Å². The highest BCUT2D eigenvalue weighted by Gasteiger charge is 2.11. The van der Waals surface area contributed by atoms with Crippen molar-refractivity contribution in [2.45, 2.75) is 6.92 Å². The highest BCUT2D eigenvalue weighted by Crippen LogP contribution is 2.37. The van der Waals surface area contributed by atoms with Crippen LogP contribution in [0.3, 0.4) is 0 Å². The second kappa shape index (κ2) is 3.41. The number of hydrogen-bond acceptors (Lipinski definition) is 2. The maximum absolute atomic E-state index is 6.08. The third-order valence-corrected chi connectivity index (χ3v) is 3.66. The molecule has 0 aliphatic rings. The molecule has 0 amide bonds. The maximum atomic E-state index is 6.08. The van der Waals surface area contributed by atoms with Crippen LogP contribution in [0.1, 0.15) is 5.56 Å². The molecule has 0 saturated heterocycles. The van der Waals surface area contributed by atoms with Gasteiger partial charge in [-0.2, -0.15) is 0 Å². The summed E-state index contributed by atoms with van der Waals surface area (Å²) in [6.07, 6.45) is 1.74. The van der Waals surface area contributed by atoms with Crippen molar-refractivity contribution in [2.75, 3.05) is 5.73 Å². The third kappa shape index (κ3) is 1.28. The van der Waals surface area contributed by atoms with Crippen LogP contribution in [0.4, 0.5) is 5.69 Å². The summed E-state index contributed by atoms with van der Waals surface area (Å²) in [5.74, 6) is 0. The van der Waals surface area contributed by atoms with Crippen LogP contribution in [-0.4, -0.2) is 4.98 Å². The van der Waals surface area contributed by atoms with Crippen molar-refractivity contribution in [2.24, 2.45) is 0 Å². The third-order valence-electron chi connectivity index (χ3n) is 2.20. The van der Waals surface area contributed by atoms with E-state index < -0.39 is 0 Å². The summed E-state index contributed by atoms with van der Waals surface area (Å²) in [6, 6.07) is 3.75. The molecule has 0 atom stereocenters. The normalized spacial score (nSPS) is 10.8. The van der Waals surface area contributed by atoms with Crippen molar-refractivity contribution >= 4 is 44.1 Å². The maximum Gasteiger partial charge on any atom is 0.0868 e. The van der Waals surface area contributed by atoms with Crippen LogP contribution in [0.15, 0.2) is 22.8 Å². The molecule has 1 aromatic heterocycles. The fourth-order valence-corrected chi connectivity index (χ4v) is 2.22. The minimum Gasteiger partial charge on any atom is -0.397 e. The first kappa shape index (κ1) is 9.74. The predicted molar refractivity (Wildman–Crippen MR) is 63.6 cm³/mol. The van der Waals surface area contributed by atoms with Gasteiger partial charge in [0.2, 0.25) is 0 Å². The Bertz CT molecular complexity index is 464. The summed E-state index contributed by atoms with van der Waals surface area (Å²) in [5.41, 5.74) is 8.27. The molecule has 0 aliphatic heterocycles. The average molecular weight is 272 g/mol. The van der Waals surface area contributed by atoms with Gasteiger partial charge >= 0.3 is 0 Å². The van der Waals surface area contributed by atoms with Crippen LogP contribution in [0, 0.1) is 6.92 Å². The summed E-state index contributed by atoms with van der Waals surface area (Å²) in [6.45, 7) is 1.91. The van der Waals surface area contributed by atoms with Gasteiger partial charge in [-0.05, 0) is 40.5 Å². The minimum atomic E-state index is 0.593. The second-order valence-electron chi connectivity index (χ2n) is 3.07. The van der Waals surface area contributed by atoms with Gasteiger partial charge in [-0.1, -0.05) is 11.6 Å². The van der Waals surface area contributed by atoms with Crippen molar-refractivity contribution in [3.05, 3.63) is 33.4 Å². The zero-order chi connectivity index (χ0) is 10.3. The fraction of sp³-hybridized carbons (Fsp3) is 0.100. The van der Waals surface area contributed by atoms with E-state index in [4.69, 9.17) is 17.3 Å². The average Bonchev–Trinajstić information content (AvgIpc) is 2.23.